The molecule has 2 aliphatic heterocycles. The second kappa shape index (κ2) is 8.84. The van der Waals surface area contributed by atoms with E-state index in [1.165, 1.54) is 4.90 Å². The van der Waals surface area contributed by atoms with Crippen LogP contribution >= 0.6 is 11.6 Å². The Balaban J connectivity index is 1.93. The number of likely N-dealkylation sites (tertiary alicyclic amines) is 2. The average Bonchev–Trinajstić information content (AvgIpc) is 2.90. The number of carbonyl (C=O) groups excluding carboxylic acids is 3. The molecule has 6 nitrogen and oxygen atoms in total. The second-order valence-electron chi connectivity index (χ2n) is 8.66. The molecule has 1 aromatic rings. The Morgan fingerprint density at radius 2 is 2.00 bits per heavy atom. The Morgan fingerprint density at radius 3 is 2.66 bits per heavy atom. The molecular weight excluding hydrogens is 390 g/mol. The summed E-state index contributed by atoms with van der Waals surface area (Å²) in [5, 5.41) is 0.419. The first-order valence-electron chi connectivity index (χ1n) is 10.3. The quantitative estimate of drug-likeness (QED) is 0.665. The van der Waals surface area contributed by atoms with Crippen molar-refractivity contribution in [3.8, 4) is 0 Å². The molecule has 0 aromatic heterocycles. The fourth-order valence-electron chi connectivity index (χ4n) is 4.41. The van der Waals surface area contributed by atoms with Gasteiger partial charge in [0.1, 0.15) is 0 Å². The number of carbonyl (C=O) groups is 3. The largest absolute Gasteiger partial charge is 0.342 e. The number of hydrogen-bond acceptors (Lipinski definition) is 4. The molecule has 158 valence electrons. The Hall–Kier alpha value is -1.92. The number of nitrogens with zero attached hydrogens (tertiary/aromatic N) is 3. The van der Waals surface area contributed by atoms with Gasteiger partial charge in [0.25, 0.3) is 0 Å². The van der Waals surface area contributed by atoms with Gasteiger partial charge in [-0.15, -0.1) is 0 Å². The van der Waals surface area contributed by atoms with Gasteiger partial charge in [-0.1, -0.05) is 36.7 Å². The highest BCUT2D eigenvalue weighted by molar-refractivity contribution is 6.32. The molecule has 29 heavy (non-hydrogen) atoms. The number of piperidine rings is 1. The van der Waals surface area contributed by atoms with Crippen molar-refractivity contribution in [3.63, 3.8) is 0 Å². The van der Waals surface area contributed by atoms with Gasteiger partial charge < -0.3 is 9.80 Å². The van der Waals surface area contributed by atoms with Crippen LogP contribution in [0, 0.1) is 5.92 Å². The molecule has 0 aliphatic carbocycles. The number of rotatable bonds is 6. The van der Waals surface area contributed by atoms with E-state index in [9.17, 15) is 14.4 Å². The number of imide groups is 1. The van der Waals surface area contributed by atoms with Crippen molar-refractivity contribution in [1.29, 1.82) is 0 Å². The summed E-state index contributed by atoms with van der Waals surface area (Å²) >= 11 is 6.46. The molecule has 3 rings (SSSR count). The van der Waals surface area contributed by atoms with Gasteiger partial charge in [-0.25, -0.2) is 0 Å². The summed E-state index contributed by atoms with van der Waals surface area (Å²) in [6.45, 7) is 4.42. The fourth-order valence-corrected chi connectivity index (χ4v) is 4.72. The standard InChI is InChI=1S/C22H30ClN3O3/c1-16-7-6-10-25(15-16)19(27)13-22(17-8-4-5-9-18(17)23)14-20(28)26(21(22)29)12-11-24(2)3/h4-5,8-9,16H,6-7,10-15H2,1-3H3/t16-,22+/m1/s1. The van der Waals surface area contributed by atoms with Gasteiger partial charge in [0.05, 0.1) is 5.41 Å². The number of likely N-dealkylation sites (N-methyl/N-ethyl adjacent to an activating group) is 1. The minimum atomic E-state index is -1.22. The van der Waals surface area contributed by atoms with Crippen LogP contribution in [-0.4, -0.2) is 72.7 Å². The lowest BCUT2D eigenvalue weighted by Gasteiger charge is -2.34. The average molecular weight is 420 g/mol. The summed E-state index contributed by atoms with van der Waals surface area (Å²) in [6, 6.07) is 7.08. The van der Waals surface area contributed by atoms with E-state index in [0.29, 0.717) is 42.7 Å². The molecule has 0 bridgehead atoms. The first-order chi connectivity index (χ1) is 13.7. The summed E-state index contributed by atoms with van der Waals surface area (Å²) in [7, 11) is 3.79. The molecule has 2 atom stereocenters. The molecule has 0 saturated carbocycles. The van der Waals surface area contributed by atoms with Crippen LogP contribution in [0.15, 0.2) is 24.3 Å². The van der Waals surface area contributed by atoms with E-state index in [0.717, 1.165) is 12.8 Å². The normalized spacial score (nSPS) is 25.2. The van der Waals surface area contributed by atoms with Crippen LogP contribution in [-0.2, 0) is 19.8 Å². The Bertz CT molecular complexity index is 797. The minimum absolute atomic E-state index is 0.0157. The fraction of sp³-hybridized carbons (Fsp3) is 0.591. The van der Waals surface area contributed by atoms with Crippen LogP contribution < -0.4 is 0 Å². The van der Waals surface area contributed by atoms with Gasteiger partial charge in [-0.2, -0.15) is 0 Å². The Morgan fingerprint density at radius 1 is 1.28 bits per heavy atom. The number of hydrogen-bond donors (Lipinski definition) is 0. The molecular formula is C22H30ClN3O3. The lowest BCUT2D eigenvalue weighted by molar-refractivity contribution is -0.143. The molecule has 0 radical (unpaired) electrons. The molecule has 1 aromatic carbocycles. The van der Waals surface area contributed by atoms with Gasteiger partial charge in [0.15, 0.2) is 0 Å². The van der Waals surface area contributed by atoms with Crippen LogP contribution in [0.3, 0.4) is 0 Å². The molecule has 2 heterocycles. The highest BCUT2D eigenvalue weighted by Crippen LogP contribution is 2.43. The van der Waals surface area contributed by atoms with E-state index in [1.54, 1.807) is 24.3 Å². The highest BCUT2D eigenvalue weighted by atomic mass is 35.5. The van der Waals surface area contributed by atoms with Gasteiger partial charge >= 0.3 is 0 Å². The van der Waals surface area contributed by atoms with Crippen molar-refractivity contribution in [2.75, 3.05) is 40.3 Å². The van der Waals surface area contributed by atoms with Crippen LogP contribution in [0.25, 0.3) is 0 Å². The number of benzene rings is 1. The van der Waals surface area contributed by atoms with Crippen molar-refractivity contribution in [2.24, 2.45) is 5.92 Å². The zero-order valence-electron chi connectivity index (χ0n) is 17.5. The Kier molecular flexibility index (Phi) is 6.64. The zero-order chi connectivity index (χ0) is 21.2. The van der Waals surface area contributed by atoms with Crippen molar-refractivity contribution in [1.82, 2.24) is 14.7 Å². The zero-order valence-corrected chi connectivity index (χ0v) is 18.2. The van der Waals surface area contributed by atoms with Crippen LogP contribution in [0.5, 0.6) is 0 Å². The predicted octanol–water partition coefficient (Wildman–Crippen LogP) is 2.55. The lowest BCUT2D eigenvalue weighted by Crippen LogP contribution is -2.46. The highest BCUT2D eigenvalue weighted by Gasteiger charge is 2.54. The van der Waals surface area contributed by atoms with E-state index >= 15 is 0 Å². The molecule has 2 fully saturated rings. The van der Waals surface area contributed by atoms with Crippen LogP contribution in [0.2, 0.25) is 5.02 Å². The molecule has 2 saturated heterocycles. The third-order valence-electron chi connectivity index (χ3n) is 6.03. The maximum Gasteiger partial charge on any atom is 0.240 e. The topological polar surface area (TPSA) is 60.9 Å². The van der Waals surface area contributed by atoms with Crippen molar-refractivity contribution < 1.29 is 14.4 Å². The third kappa shape index (κ3) is 4.48. The van der Waals surface area contributed by atoms with Gasteiger partial charge in [-0.3, -0.25) is 19.3 Å². The van der Waals surface area contributed by atoms with Crippen LogP contribution in [0.4, 0.5) is 0 Å². The van der Waals surface area contributed by atoms with E-state index in [-0.39, 0.29) is 30.6 Å². The number of halogens is 1. The first kappa shape index (κ1) is 21.8. The SMILES string of the molecule is C[C@@H]1CCCN(C(=O)C[C@@]2(c3ccccc3Cl)CC(=O)N(CCN(C)C)C2=O)C1. The molecule has 2 aliphatic rings. The first-order valence-corrected chi connectivity index (χ1v) is 10.6. The minimum Gasteiger partial charge on any atom is -0.342 e. The third-order valence-corrected chi connectivity index (χ3v) is 6.36. The van der Waals surface area contributed by atoms with E-state index < -0.39 is 5.41 Å². The lowest BCUT2D eigenvalue weighted by atomic mass is 9.75. The van der Waals surface area contributed by atoms with Crippen molar-refractivity contribution in [2.45, 2.75) is 38.0 Å². The molecule has 0 N–H and O–H groups in total. The van der Waals surface area contributed by atoms with Crippen molar-refractivity contribution >= 4 is 29.3 Å². The summed E-state index contributed by atoms with van der Waals surface area (Å²) in [5.74, 6) is -0.180. The molecule has 0 unspecified atom stereocenters. The summed E-state index contributed by atoms with van der Waals surface area (Å²) in [6.07, 6.45) is 2.04. The predicted molar refractivity (Wildman–Crippen MR) is 113 cm³/mol. The summed E-state index contributed by atoms with van der Waals surface area (Å²) < 4.78 is 0. The summed E-state index contributed by atoms with van der Waals surface area (Å²) in [4.78, 5) is 44.6. The van der Waals surface area contributed by atoms with Crippen molar-refractivity contribution in [3.05, 3.63) is 34.9 Å². The van der Waals surface area contributed by atoms with E-state index in [2.05, 4.69) is 6.92 Å². The van der Waals surface area contributed by atoms with E-state index in [1.807, 2.05) is 23.9 Å². The summed E-state index contributed by atoms with van der Waals surface area (Å²) in [5.41, 5.74) is -0.648. The van der Waals surface area contributed by atoms with Crippen LogP contribution in [0.1, 0.15) is 38.2 Å². The molecule has 3 amide bonds. The van der Waals surface area contributed by atoms with Gasteiger partial charge in [0.2, 0.25) is 17.7 Å². The molecule has 7 heteroatoms. The molecule has 0 spiro atoms. The maximum absolute atomic E-state index is 13.5. The Labute approximate surface area is 177 Å². The van der Waals surface area contributed by atoms with Gasteiger partial charge in [-0.05, 0) is 44.5 Å². The van der Waals surface area contributed by atoms with Gasteiger partial charge in [0, 0.05) is 44.0 Å². The monoisotopic (exact) mass is 419 g/mol. The van der Waals surface area contributed by atoms with E-state index in [4.69, 9.17) is 11.6 Å². The maximum atomic E-state index is 13.5. The number of amides is 3. The smallest absolute Gasteiger partial charge is 0.240 e. The second-order valence-corrected chi connectivity index (χ2v) is 9.06.